The Hall–Kier alpha value is -1.51. The number of anilines is 1. The summed E-state index contributed by atoms with van der Waals surface area (Å²) >= 11 is 0. The van der Waals surface area contributed by atoms with Crippen LogP contribution < -0.4 is 10.6 Å². The van der Waals surface area contributed by atoms with Crippen LogP contribution in [0.1, 0.15) is 56.3 Å². The van der Waals surface area contributed by atoms with Crippen LogP contribution in [0.25, 0.3) is 0 Å². The molecular formula is C17H26N2O. The quantitative estimate of drug-likeness (QED) is 0.820. The number of hydrogen-bond acceptors (Lipinski definition) is 2. The van der Waals surface area contributed by atoms with Gasteiger partial charge in [0.2, 0.25) is 0 Å². The molecule has 3 nitrogen and oxygen atoms in total. The lowest BCUT2D eigenvalue weighted by molar-refractivity contribution is 0.0956. The molecule has 1 amide bonds. The van der Waals surface area contributed by atoms with Crippen LogP contribution in [0.15, 0.2) is 24.3 Å². The van der Waals surface area contributed by atoms with Gasteiger partial charge in [0.25, 0.3) is 5.91 Å². The Morgan fingerprint density at radius 1 is 1.15 bits per heavy atom. The lowest BCUT2D eigenvalue weighted by Crippen LogP contribution is -2.22. The third-order valence-corrected chi connectivity index (χ3v) is 4.11. The maximum Gasteiger partial charge on any atom is 0.251 e. The maximum absolute atomic E-state index is 11.7. The van der Waals surface area contributed by atoms with E-state index < -0.39 is 0 Å². The summed E-state index contributed by atoms with van der Waals surface area (Å²) in [6.45, 7) is 4.95. The molecular weight excluding hydrogens is 248 g/mol. The Balaban J connectivity index is 1.91. The maximum atomic E-state index is 11.7. The van der Waals surface area contributed by atoms with Gasteiger partial charge in [-0.25, -0.2) is 0 Å². The van der Waals surface area contributed by atoms with Crippen LogP contribution in [0, 0.1) is 5.92 Å². The van der Waals surface area contributed by atoms with Crippen molar-refractivity contribution in [2.75, 3.05) is 11.9 Å². The Morgan fingerprint density at radius 2 is 1.90 bits per heavy atom. The minimum atomic E-state index is 0.00217. The van der Waals surface area contributed by atoms with Crippen molar-refractivity contribution in [2.24, 2.45) is 5.92 Å². The van der Waals surface area contributed by atoms with Crippen molar-refractivity contribution >= 4 is 11.6 Å². The predicted molar refractivity (Wildman–Crippen MR) is 84.1 cm³/mol. The van der Waals surface area contributed by atoms with Crippen LogP contribution in [0.5, 0.6) is 0 Å². The first-order valence-electron chi connectivity index (χ1n) is 7.84. The molecule has 1 aliphatic carbocycles. The fourth-order valence-electron chi connectivity index (χ4n) is 2.85. The highest BCUT2D eigenvalue weighted by Gasteiger charge is 2.15. The van der Waals surface area contributed by atoms with Gasteiger partial charge in [0.15, 0.2) is 0 Å². The molecule has 0 aromatic heterocycles. The fourth-order valence-corrected chi connectivity index (χ4v) is 2.85. The molecule has 0 spiro atoms. The first-order chi connectivity index (χ1) is 9.69. The highest BCUT2D eigenvalue weighted by atomic mass is 16.1. The molecule has 2 unspecified atom stereocenters. The third kappa shape index (κ3) is 4.26. The third-order valence-electron chi connectivity index (χ3n) is 4.11. The van der Waals surface area contributed by atoms with Gasteiger partial charge in [0, 0.05) is 23.8 Å². The standard InChI is InChI=1S/C17H26N2O/c1-3-18-17(20)14-8-11-16(12-9-14)19-15-6-4-5-13(2)7-10-15/h8-9,11-13,15,19H,3-7,10H2,1-2H3,(H,18,20). The zero-order valence-electron chi connectivity index (χ0n) is 12.6. The molecule has 0 saturated heterocycles. The van der Waals surface area contributed by atoms with Crippen LogP contribution in [0.4, 0.5) is 5.69 Å². The molecule has 2 atom stereocenters. The molecule has 2 N–H and O–H groups in total. The number of rotatable bonds is 4. The average molecular weight is 274 g/mol. The van der Waals surface area contributed by atoms with Gasteiger partial charge >= 0.3 is 0 Å². The van der Waals surface area contributed by atoms with Crippen molar-refractivity contribution in [1.82, 2.24) is 5.32 Å². The summed E-state index contributed by atoms with van der Waals surface area (Å²) in [6, 6.07) is 8.40. The van der Waals surface area contributed by atoms with Crippen LogP contribution >= 0.6 is 0 Å². The van der Waals surface area contributed by atoms with Gasteiger partial charge < -0.3 is 10.6 Å². The number of carbonyl (C=O) groups is 1. The summed E-state index contributed by atoms with van der Waals surface area (Å²) in [7, 11) is 0. The average Bonchev–Trinajstić information content (AvgIpc) is 2.65. The highest BCUT2D eigenvalue weighted by molar-refractivity contribution is 5.94. The number of nitrogens with one attached hydrogen (secondary N) is 2. The molecule has 20 heavy (non-hydrogen) atoms. The topological polar surface area (TPSA) is 41.1 Å². The highest BCUT2D eigenvalue weighted by Crippen LogP contribution is 2.25. The lowest BCUT2D eigenvalue weighted by Gasteiger charge is -2.18. The number of hydrogen-bond donors (Lipinski definition) is 2. The summed E-state index contributed by atoms with van der Waals surface area (Å²) in [5, 5.41) is 6.42. The number of carbonyl (C=O) groups excluding carboxylic acids is 1. The van der Waals surface area contributed by atoms with E-state index in [9.17, 15) is 4.79 Å². The largest absolute Gasteiger partial charge is 0.382 e. The first kappa shape index (κ1) is 14.9. The second-order valence-electron chi connectivity index (χ2n) is 5.89. The van der Waals surface area contributed by atoms with Gasteiger partial charge in [0.1, 0.15) is 0 Å². The molecule has 0 aliphatic heterocycles. The number of benzene rings is 1. The molecule has 1 aliphatic rings. The molecule has 0 bridgehead atoms. The summed E-state index contributed by atoms with van der Waals surface area (Å²) in [6.07, 6.45) is 6.49. The fraction of sp³-hybridized carbons (Fsp3) is 0.588. The Bertz CT molecular complexity index is 427. The van der Waals surface area contributed by atoms with E-state index in [4.69, 9.17) is 0 Å². The predicted octanol–water partition coefficient (Wildman–Crippen LogP) is 3.82. The molecule has 0 radical (unpaired) electrons. The summed E-state index contributed by atoms with van der Waals surface area (Å²) in [5.74, 6) is 0.865. The second kappa shape index (κ2) is 7.32. The molecule has 110 valence electrons. The molecule has 1 aromatic carbocycles. The van der Waals surface area contributed by atoms with E-state index in [0.717, 1.165) is 17.2 Å². The van der Waals surface area contributed by atoms with Crippen molar-refractivity contribution in [3.63, 3.8) is 0 Å². The van der Waals surface area contributed by atoms with Gasteiger partial charge in [0.05, 0.1) is 0 Å². The molecule has 1 saturated carbocycles. The summed E-state index contributed by atoms with van der Waals surface area (Å²) in [5.41, 5.74) is 1.85. The van der Waals surface area contributed by atoms with E-state index in [-0.39, 0.29) is 5.91 Å². The van der Waals surface area contributed by atoms with Gasteiger partial charge in [-0.05, 0) is 56.4 Å². The van der Waals surface area contributed by atoms with E-state index in [1.807, 2.05) is 31.2 Å². The van der Waals surface area contributed by atoms with E-state index in [0.29, 0.717) is 12.6 Å². The van der Waals surface area contributed by atoms with Crippen LogP contribution in [-0.4, -0.2) is 18.5 Å². The molecule has 2 rings (SSSR count). The van der Waals surface area contributed by atoms with Crippen molar-refractivity contribution in [1.29, 1.82) is 0 Å². The van der Waals surface area contributed by atoms with E-state index >= 15 is 0 Å². The Labute approximate surface area is 122 Å². The van der Waals surface area contributed by atoms with Gasteiger partial charge in [-0.1, -0.05) is 19.8 Å². The smallest absolute Gasteiger partial charge is 0.251 e. The minimum Gasteiger partial charge on any atom is -0.382 e. The lowest BCUT2D eigenvalue weighted by atomic mass is 10.0. The monoisotopic (exact) mass is 274 g/mol. The molecule has 3 heteroatoms. The van der Waals surface area contributed by atoms with Crippen molar-refractivity contribution < 1.29 is 4.79 Å². The molecule has 1 aromatic rings. The van der Waals surface area contributed by atoms with Crippen LogP contribution in [0.2, 0.25) is 0 Å². The first-order valence-corrected chi connectivity index (χ1v) is 7.84. The van der Waals surface area contributed by atoms with E-state index in [1.54, 1.807) is 0 Å². The van der Waals surface area contributed by atoms with Gasteiger partial charge in [-0.3, -0.25) is 4.79 Å². The van der Waals surface area contributed by atoms with Gasteiger partial charge in [-0.15, -0.1) is 0 Å². The number of amides is 1. The Morgan fingerprint density at radius 3 is 2.60 bits per heavy atom. The second-order valence-corrected chi connectivity index (χ2v) is 5.89. The van der Waals surface area contributed by atoms with Crippen molar-refractivity contribution in [3.05, 3.63) is 29.8 Å². The van der Waals surface area contributed by atoms with Crippen molar-refractivity contribution in [2.45, 2.75) is 52.0 Å². The zero-order valence-corrected chi connectivity index (χ0v) is 12.6. The molecule has 0 heterocycles. The molecule has 1 fully saturated rings. The Kier molecular flexibility index (Phi) is 5.45. The van der Waals surface area contributed by atoms with Crippen molar-refractivity contribution in [3.8, 4) is 0 Å². The minimum absolute atomic E-state index is 0.00217. The van der Waals surface area contributed by atoms with E-state index in [1.165, 1.54) is 32.1 Å². The van der Waals surface area contributed by atoms with Gasteiger partial charge in [-0.2, -0.15) is 0 Å². The van der Waals surface area contributed by atoms with Crippen LogP contribution in [0.3, 0.4) is 0 Å². The van der Waals surface area contributed by atoms with Crippen LogP contribution in [-0.2, 0) is 0 Å². The zero-order chi connectivity index (χ0) is 14.4. The summed E-state index contributed by atoms with van der Waals surface area (Å²) < 4.78 is 0. The van der Waals surface area contributed by atoms with E-state index in [2.05, 4.69) is 17.6 Å². The normalized spacial score (nSPS) is 22.9. The summed E-state index contributed by atoms with van der Waals surface area (Å²) in [4.78, 5) is 11.7. The SMILES string of the molecule is CCNC(=O)c1ccc(NC2CCCC(C)CC2)cc1.